The lowest BCUT2D eigenvalue weighted by Crippen LogP contribution is -2.38. The van der Waals surface area contributed by atoms with Gasteiger partial charge in [-0.25, -0.2) is 9.44 Å². The maximum absolute atomic E-state index is 12.8. The largest absolute Gasteiger partial charge is 0.497 e. The summed E-state index contributed by atoms with van der Waals surface area (Å²) in [5, 5.41) is 0.331. The Kier molecular flexibility index (Phi) is 8.74. The van der Waals surface area contributed by atoms with Crippen LogP contribution in [0.4, 0.5) is 0 Å². The molecule has 3 aromatic rings. The molecule has 0 aliphatic rings. The zero-order chi connectivity index (χ0) is 25.6. The van der Waals surface area contributed by atoms with Gasteiger partial charge < -0.3 is 9.30 Å². The molecule has 0 fully saturated rings. The highest BCUT2D eigenvalue weighted by Gasteiger charge is 2.14. The smallest absolute Gasteiger partial charge is 0.301 e. The molecule has 35 heavy (non-hydrogen) atoms. The third-order valence-electron chi connectivity index (χ3n) is 5.10. The van der Waals surface area contributed by atoms with Crippen molar-refractivity contribution in [2.75, 3.05) is 14.2 Å². The van der Waals surface area contributed by atoms with Crippen molar-refractivity contribution in [2.24, 2.45) is 0 Å². The van der Waals surface area contributed by atoms with Crippen LogP contribution >= 0.6 is 23.2 Å². The second kappa shape index (κ2) is 11.5. The van der Waals surface area contributed by atoms with Crippen LogP contribution < -0.4 is 19.7 Å². The van der Waals surface area contributed by atoms with Gasteiger partial charge in [-0.2, -0.15) is 8.42 Å². The molecule has 2 aromatic carbocycles. The number of ether oxygens (including phenoxy) is 1. The highest BCUT2D eigenvalue weighted by atomic mass is 35.5. The average molecular weight is 536 g/mol. The van der Waals surface area contributed by atoms with Gasteiger partial charge in [0.25, 0.3) is 11.5 Å². The van der Waals surface area contributed by atoms with Crippen molar-refractivity contribution >= 4 is 51.5 Å². The van der Waals surface area contributed by atoms with E-state index in [2.05, 4.69) is 0 Å². The van der Waals surface area contributed by atoms with E-state index in [9.17, 15) is 18.0 Å². The first-order chi connectivity index (χ1) is 16.6. The van der Waals surface area contributed by atoms with Crippen LogP contribution in [-0.4, -0.2) is 33.0 Å². The molecule has 3 rings (SSSR count). The minimum atomic E-state index is -3.90. The number of pyridine rings is 1. The Morgan fingerprint density at radius 3 is 2.43 bits per heavy atom. The molecule has 0 unspecified atom stereocenters. The number of carbonyl (C=O) groups excluding carboxylic acids is 1. The molecule has 1 aromatic heterocycles. The lowest BCUT2D eigenvalue weighted by Gasteiger charge is -2.13. The molecule has 0 saturated heterocycles. The first-order valence-corrected chi connectivity index (χ1v) is 12.6. The molecular weight excluding hydrogens is 513 g/mol. The van der Waals surface area contributed by atoms with Gasteiger partial charge in [-0.3, -0.25) is 9.59 Å². The maximum atomic E-state index is 12.8. The second-order valence-electron chi connectivity index (χ2n) is 7.38. The summed E-state index contributed by atoms with van der Waals surface area (Å²) in [5.41, 5.74) is 1.98. The Morgan fingerprint density at radius 2 is 1.77 bits per heavy atom. The zero-order valence-electron chi connectivity index (χ0n) is 18.9. The van der Waals surface area contributed by atoms with Gasteiger partial charge in [-0.15, -0.1) is 0 Å². The summed E-state index contributed by atoms with van der Waals surface area (Å²) < 4.78 is 33.6. The lowest BCUT2D eigenvalue weighted by molar-refractivity contribution is 0.0981. The van der Waals surface area contributed by atoms with Gasteiger partial charge in [0.05, 0.1) is 17.8 Å². The average Bonchev–Trinajstić information content (AvgIpc) is 2.84. The van der Waals surface area contributed by atoms with E-state index in [1.165, 1.54) is 29.8 Å². The summed E-state index contributed by atoms with van der Waals surface area (Å²) >= 11 is 12.5. The predicted molar refractivity (Wildman–Crippen MR) is 138 cm³/mol. The second-order valence-corrected chi connectivity index (χ2v) is 9.81. The summed E-state index contributed by atoms with van der Waals surface area (Å²) in [6.07, 6.45) is 4.00. The molecule has 0 radical (unpaired) electrons. The highest BCUT2D eigenvalue weighted by molar-refractivity contribution is 7.88. The first kappa shape index (κ1) is 26.5. The normalized spacial score (nSPS) is 11.5. The van der Waals surface area contributed by atoms with Gasteiger partial charge in [0.2, 0.25) is 0 Å². The lowest BCUT2D eigenvalue weighted by atomic mass is 10.1. The highest BCUT2D eigenvalue weighted by Crippen LogP contribution is 2.22. The minimum Gasteiger partial charge on any atom is -0.497 e. The number of halogens is 2. The van der Waals surface area contributed by atoms with Crippen molar-refractivity contribution in [2.45, 2.75) is 13.0 Å². The van der Waals surface area contributed by atoms with E-state index in [-0.39, 0.29) is 22.7 Å². The number of nitrogens with zero attached hydrogens (tertiary/aromatic N) is 1. The topological polar surface area (TPSA) is 107 Å². The van der Waals surface area contributed by atoms with Crippen molar-refractivity contribution in [1.29, 1.82) is 0 Å². The number of carbonyl (C=O) groups is 1. The SMILES string of the molecule is CNS(=O)(=O)NC(=O)c1ccc(CCn2c(/C=C/c3cccc(OC)c3)c(Cl)cc(Cl)c2=O)cc1. The van der Waals surface area contributed by atoms with Crippen molar-refractivity contribution < 1.29 is 17.9 Å². The maximum Gasteiger partial charge on any atom is 0.301 e. The number of hydrogen-bond donors (Lipinski definition) is 2. The van der Waals surface area contributed by atoms with Crippen molar-refractivity contribution in [1.82, 2.24) is 14.0 Å². The molecule has 0 bridgehead atoms. The van der Waals surface area contributed by atoms with Crippen LogP contribution in [0.1, 0.15) is 27.2 Å². The van der Waals surface area contributed by atoms with Crippen molar-refractivity contribution in [3.63, 3.8) is 0 Å². The van der Waals surface area contributed by atoms with Crippen molar-refractivity contribution in [3.8, 4) is 5.75 Å². The summed E-state index contributed by atoms with van der Waals surface area (Å²) in [4.78, 5) is 24.9. The van der Waals surface area contributed by atoms with E-state index in [4.69, 9.17) is 27.9 Å². The minimum absolute atomic E-state index is 0.00583. The van der Waals surface area contributed by atoms with Gasteiger partial charge in [-0.05, 0) is 54.0 Å². The number of rotatable bonds is 9. The van der Waals surface area contributed by atoms with Gasteiger partial charge >= 0.3 is 10.2 Å². The van der Waals surface area contributed by atoms with Crippen LogP contribution in [0, 0.1) is 0 Å². The van der Waals surface area contributed by atoms with E-state index in [1.807, 2.05) is 39.8 Å². The van der Waals surface area contributed by atoms with Crippen LogP contribution in [0.2, 0.25) is 10.0 Å². The van der Waals surface area contributed by atoms with E-state index >= 15 is 0 Å². The standard InChI is InChI=1S/C24H23Cl2N3O5S/c1-27-35(32,33)28-23(30)18-9-6-16(7-10-18)12-13-29-22(20(25)15-21(26)24(29)31)11-8-17-4-3-5-19(14-17)34-2/h3-11,14-15,27H,12-13H2,1-2H3,(H,28,30)/b11-8+. The Labute approximate surface area is 213 Å². The fourth-order valence-corrected chi connectivity index (χ4v) is 4.23. The molecule has 0 spiro atoms. The van der Waals surface area contributed by atoms with E-state index in [1.54, 1.807) is 25.3 Å². The number of hydrogen-bond acceptors (Lipinski definition) is 5. The fourth-order valence-electron chi connectivity index (χ4n) is 3.22. The summed E-state index contributed by atoms with van der Waals surface area (Å²) in [6.45, 7) is 0.274. The molecule has 1 amide bonds. The van der Waals surface area contributed by atoms with Crippen molar-refractivity contribution in [3.05, 3.63) is 97.4 Å². The van der Waals surface area contributed by atoms with Crippen LogP contribution in [0.5, 0.6) is 5.75 Å². The zero-order valence-corrected chi connectivity index (χ0v) is 21.2. The van der Waals surface area contributed by atoms with Crippen LogP contribution in [0.25, 0.3) is 12.2 Å². The molecule has 11 heteroatoms. The van der Waals surface area contributed by atoms with Crippen LogP contribution in [0.15, 0.2) is 59.4 Å². The monoisotopic (exact) mass is 535 g/mol. The first-order valence-electron chi connectivity index (χ1n) is 10.4. The number of amides is 1. The summed E-state index contributed by atoms with van der Waals surface area (Å²) in [7, 11) is -1.12. The molecule has 184 valence electrons. The fraction of sp³-hybridized carbons (Fsp3) is 0.167. The van der Waals surface area contributed by atoms with Crippen LogP contribution in [-0.2, 0) is 23.2 Å². The summed E-state index contributed by atoms with van der Waals surface area (Å²) in [6, 6.07) is 15.2. The third kappa shape index (κ3) is 6.95. The van der Waals surface area contributed by atoms with Gasteiger partial charge in [0, 0.05) is 19.2 Å². The molecule has 0 saturated carbocycles. The number of nitrogens with one attached hydrogen (secondary N) is 2. The molecule has 0 aliphatic heterocycles. The van der Waals surface area contributed by atoms with E-state index in [0.717, 1.165) is 11.1 Å². The Balaban J connectivity index is 1.82. The predicted octanol–water partition coefficient (Wildman–Crippen LogP) is 3.77. The number of aryl methyl sites for hydroxylation is 1. The molecule has 0 atom stereocenters. The van der Waals surface area contributed by atoms with Gasteiger partial charge in [0.15, 0.2) is 0 Å². The van der Waals surface area contributed by atoms with Crippen LogP contribution in [0.3, 0.4) is 0 Å². The number of benzene rings is 2. The molecule has 1 heterocycles. The number of methoxy groups -OCH3 is 1. The molecular formula is C24H23Cl2N3O5S. The summed E-state index contributed by atoms with van der Waals surface area (Å²) in [5.74, 6) is -0.0545. The molecule has 2 N–H and O–H groups in total. The molecule has 8 nitrogen and oxygen atoms in total. The Hall–Kier alpha value is -3.11. The number of aromatic nitrogens is 1. The van der Waals surface area contributed by atoms with E-state index < -0.39 is 16.1 Å². The van der Waals surface area contributed by atoms with E-state index in [0.29, 0.717) is 22.9 Å². The Bertz CT molecular complexity index is 1420. The molecule has 0 aliphatic carbocycles. The third-order valence-corrected chi connectivity index (χ3v) is 6.67. The Morgan fingerprint density at radius 1 is 1.06 bits per heavy atom. The quantitative estimate of drug-likeness (QED) is 0.433. The van der Waals surface area contributed by atoms with Gasteiger partial charge in [-0.1, -0.05) is 53.5 Å². The van der Waals surface area contributed by atoms with Gasteiger partial charge in [0.1, 0.15) is 10.8 Å².